The highest BCUT2D eigenvalue weighted by Gasteiger charge is 2.42. The topological polar surface area (TPSA) is 61.2 Å². The van der Waals surface area contributed by atoms with E-state index in [4.69, 9.17) is 14.2 Å². The van der Waals surface area contributed by atoms with Gasteiger partial charge in [0, 0.05) is 27.4 Å². The molecular weight excluding hydrogens is 472 g/mol. The third-order valence-corrected chi connectivity index (χ3v) is 6.32. The molecule has 0 bridgehead atoms. The molecule has 0 fully saturated rings. The molecule has 3 aromatic carbocycles. The van der Waals surface area contributed by atoms with E-state index in [-0.39, 0.29) is 24.7 Å². The summed E-state index contributed by atoms with van der Waals surface area (Å²) < 4.78 is 17.2. The molecule has 1 aliphatic heterocycles. The summed E-state index contributed by atoms with van der Waals surface area (Å²) in [5.74, 6) is 1.12. The third-order valence-electron chi connectivity index (χ3n) is 5.83. The molecule has 3 atom stereocenters. The predicted octanol–water partition coefficient (Wildman–Crippen LogP) is 3.74. The van der Waals surface area contributed by atoms with Gasteiger partial charge in [-0.25, -0.2) is 4.79 Å². The van der Waals surface area contributed by atoms with E-state index in [0.29, 0.717) is 11.5 Å². The second-order valence-electron chi connectivity index (χ2n) is 7.59. The van der Waals surface area contributed by atoms with Gasteiger partial charge >= 0.3 is 5.97 Å². The van der Waals surface area contributed by atoms with Crippen LogP contribution in [0.2, 0.25) is 0 Å². The van der Waals surface area contributed by atoms with Gasteiger partial charge < -0.3 is 19.5 Å². The molecule has 32 heavy (non-hydrogen) atoms. The number of fused-ring (bicyclic) bond motifs is 1. The number of quaternary nitrogens is 1. The van der Waals surface area contributed by atoms with Crippen molar-refractivity contribution in [1.82, 2.24) is 0 Å². The van der Waals surface area contributed by atoms with Crippen LogP contribution in [0.4, 0.5) is 5.69 Å². The van der Waals surface area contributed by atoms with Crippen molar-refractivity contribution in [3.05, 3.63) is 87.9 Å². The lowest BCUT2D eigenvalue weighted by Gasteiger charge is -2.41. The van der Waals surface area contributed by atoms with Crippen molar-refractivity contribution in [2.45, 2.75) is 12.2 Å². The van der Waals surface area contributed by atoms with Gasteiger partial charge in [-0.05, 0) is 30.3 Å². The van der Waals surface area contributed by atoms with Crippen molar-refractivity contribution in [2.75, 3.05) is 33.2 Å². The van der Waals surface area contributed by atoms with E-state index in [0.717, 1.165) is 31.8 Å². The minimum absolute atomic E-state index is 0.0964. The van der Waals surface area contributed by atoms with Crippen LogP contribution in [0.3, 0.4) is 0 Å². The Morgan fingerprint density at radius 3 is 2.44 bits per heavy atom. The number of halogens is 1. The van der Waals surface area contributed by atoms with Crippen molar-refractivity contribution in [2.24, 2.45) is 0 Å². The van der Waals surface area contributed by atoms with Gasteiger partial charge in [0.05, 0.1) is 26.9 Å². The lowest BCUT2D eigenvalue weighted by atomic mass is 9.91. The van der Waals surface area contributed by atoms with Gasteiger partial charge in [-0.15, -0.1) is 0 Å². The number of rotatable bonds is 6. The van der Waals surface area contributed by atoms with Crippen LogP contribution in [0.1, 0.15) is 28.9 Å². The van der Waals surface area contributed by atoms with Crippen LogP contribution in [-0.4, -0.2) is 33.8 Å². The first-order valence-corrected chi connectivity index (χ1v) is 11.1. The third kappa shape index (κ3) is 4.31. The Labute approximate surface area is 196 Å². The number of carbonyl (C=O) groups excluding carboxylic acids is 1. The summed E-state index contributed by atoms with van der Waals surface area (Å²) in [4.78, 5) is 13.5. The maximum Gasteiger partial charge on any atom is 0.361 e. The van der Waals surface area contributed by atoms with Crippen molar-refractivity contribution >= 4 is 27.6 Å². The molecule has 0 aromatic heterocycles. The maximum absolute atomic E-state index is 12.5. The molecule has 0 saturated heterocycles. The lowest BCUT2D eigenvalue weighted by molar-refractivity contribution is -0.947. The van der Waals surface area contributed by atoms with E-state index in [9.17, 15) is 4.79 Å². The molecule has 7 heteroatoms. The molecule has 6 nitrogen and oxygen atoms in total. The summed E-state index contributed by atoms with van der Waals surface area (Å²) in [6, 6.07) is 22.1. The Balaban J connectivity index is 1.91. The normalized spacial score (nSPS) is 19.4. The van der Waals surface area contributed by atoms with Crippen LogP contribution in [0, 0.1) is 0 Å². The fraction of sp³-hybridized carbons (Fsp3) is 0.240. The first-order valence-electron chi connectivity index (χ1n) is 10.3. The van der Waals surface area contributed by atoms with Crippen molar-refractivity contribution in [3.63, 3.8) is 0 Å². The van der Waals surface area contributed by atoms with Gasteiger partial charge in [0.25, 0.3) is 0 Å². The van der Waals surface area contributed by atoms with E-state index < -0.39 is 0 Å². The summed E-state index contributed by atoms with van der Waals surface area (Å²) in [7, 11) is 4.69. The quantitative estimate of drug-likeness (QED) is 0.508. The van der Waals surface area contributed by atoms with E-state index in [2.05, 4.69) is 45.5 Å². The van der Waals surface area contributed by atoms with E-state index >= 15 is 0 Å². The summed E-state index contributed by atoms with van der Waals surface area (Å²) in [5, 5.41) is 3.65. The second kappa shape index (κ2) is 9.63. The van der Waals surface area contributed by atoms with Gasteiger partial charge in [-0.1, -0.05) is 46.3 Å². The second-order valence-corrected chi connectivity index (χ2v) is 8.50. The maximum atomic E-state index is 12.5. The number of ether oxygens (including phenoxy) is 3. The zero-order chi connectivity index (χ0) is 22.7. The standard InChI is InChI=1S/C25H25BrN2O4/c1-30-18-10-11-19(22(14-18)31-2)25-27-21-12-9-17(26)13-20(21)24(16-7-5-4-6-8-16)28(25)15-23(29)32-3/h4-14,24-25,27H,15H2,1-3H3/p+1/t24-,25-/m0/s1. The molecule has 0 amide bonds. The minimum Gasteiger partial charge on any atom is -0.497 e. The van der Waals surface area contributed by atoms with Crippen LogP contribution in [0.5, 0.6) is 11.5 Å². The number of benzene rings is 3. The fourth-order valence-electron chi connectivity index (χ4n) is 4.33. The highest BCUT2D eigenvalue weighted by atomic mass is 79.9. The summed E-state index contributed by atoms with van der Waals surface area (Å²) in [6.07, 6.45) is -0.256. The first kappa shape index (κ1) is 22.2. The zero-order valence-corrected chi connectivity index (χ0v) is 19.8. The molecule has 0 radical (unpaired) electrons. The molecule has 4 rings (SSSR count). The van der Waals surface area contributed by atoms with Gasteiger partial charge in [0.15, 0.2) is 12.7 Å². The predicted molar refractivity (Wildman–Crippen MR) is 126 cm³/mol. The smallest absolute Gasteiger partial charge is 0.361 e. The van der Waals surface area contributed by atoms with Crippen LogP contribution < -0.4 is 19.7 Å². The summed E-state index contributed by atoms with van der Waals surface area (Å²) in [6.45, 7) is 0.175. The Morgan fingerprint density at radius 1 is 0.969 bits per heavy atom. The van der Waals surface area contributed by atoms with Crippen molar-refractivity contribution in [1.29, 1.82) is 0 Å². The molecule has 166 valence electrons. The number of nitrogens with one attached hydrogen (secondary N) is 2. The fourth-order valence-corrected chi connectivity index (χ4v) is 4.71. The molecule has 3 aromatic rings. The molecular formula is C25H26BrN2O4+. The molecule has 1 aliphatic rings. The van der Waals surface area contributed by atoms with Crippen LogP contribution in [0.15, 0.2) is 71.2 Å². The van der Waals surface area contributed by atoms with E-state index in [1.807, 2.05) is 42.5 Å². The summed E-state index contributed by atoms with van der Waals surface area (Å²) >= 11 is 3.61. The Morgan fingerprint density at radius 2 is 1.75 bits per heavy atom. The van der Waals surface area contributed by atoms with Crippen LogP contribution >= 0.6 is 15.9 Å². The lowest BCUT2D eigenvalue weighted by Crippen LogP contribution is -3.15. The van der Waals surface area contributed by atoms with Crippen LogP contribution in [-0.2, 0) is 9.53 Å². The van der Waals surface area contributed by atoms with Crippen molar-refractivity contribution in [3.8, 4) is 11.5 Å². The molecule has 1 unspecified atom stereocenters. The number of methoxy groups -OCH3 is 3. The van der Waals surface area contributed by atoms with Gasteiger partial charge in [0.1, 0.15) is 17.5 Å². The Kier molecular flexibility index (Phi) is 6.67. The molecule has 1 heterocycles. The largest absolute Gasteiger partial charge is 0.497 e. The molecule has 0 aliphatic carbocycles. The monoisotopic (exact) mass is 497 g/mol. The Hall–Kier alpha value is -3.03. The number of hydrogen-bond acceptors (Lipinski definition) is 5. The average Bonchev–Trinajstić information content (AvgIpc) is 2.83. The minimum atomic E-state index is -0.279. The number of esters is 1. The SMILES string of the molecule is COC(=O)C[NH+]1[C@@H](c2ccccc2)c2cc(Br)ccc2N[C@@H]1c1ccc(OC)cc1OC. The van der Waals surface area contributed by atoms with Gasteiger partial charge in [-0.2, -0.15) is 0 Å². The number of carbonyl (C=O) groups is 1. The van der Waals surface area contributed by atoms with Gasteiger partial charge in [-0.3, -0.25) is 4.90 Å². The van der Waals surface area contributed by atoms with Gasteiger partial charge in [0.2, 0.25) is 0 Å². The van der Waals surface area contributed by atoms with E-state index in [1.165, 1.54) is 7.11 Å². The molecule has 0 saturated carbocycles. The van der Waals surface area contributed by atoms with Crippen LogP contribution in [0.25, 0.3) is 0 Å². The zero-order valence-electron chi connectivity index (χ0n) is 18.2. The highest BCUT2D eigenvalue weighted by molar-refractivity contribution is 9.10. The Bertz CT molecular complexity index is 1110. The molecule has 2 N–H and O–H groups in total. The average molecular weight is 498 g/mol. The highest BCUT2D eigenvalue weighted by Crippen LogP contribution is 2.37. The number of hydrogen-bond donors (Lipinski definition) is 2. The van der Waals surface area contributed by atoms with E-state index in [1.54, 1.807) is 14.2 Å². The number of anilines is 1. The van der Waals surface area contributed by atoms with Crippen molar-refractivity contribution < 1.29 is 23.9 Å². The summed E-state index contributed by atoms with van der Waals surface area (Å²) in [5.41, 5.74) is 4.16. The first-order chi connectivity index (χ1) is 15.5. The molecule has 0 spiro atoms.